The lowest BCUT2D eigenvalue weighted by Crippen LogP contribution is -2.33. The molecule has 1 fully saturated rings. The van der Waals surface area contributed by atoms with Crippen LogP contribution in [0.25, 0.3) is 0 Å². The molecule has 2 heteroatoms. The van der Waals surface area contributed by atoms with Gasteiger partial charge in [0, 0.05) is 6.54 Å². The van der Waals surface area contributed by atoms with Gasteiger partial charge in [-0.05, 0) is 50.9 Å². The third-order valence-electron chi connectivity index (χ3n) is 3.25. The second-order valence-corrected chi connectivity index (χ2v) is 4.70. The second-order valence-electron chi connectivity index (χ2n) is 4.70. The van der Waals surface area contributed by atoms with Crippen LogP contribution in [0.2, 0.25) is 0 Å². The standard InChI is InChI=1S/C12H26N2/c1-4-6-14(7-5-2)10-12-9-13-8-11(12)3/h11-13H,4-10H2,1-3H3. The fraction of sp³-hybridized carbons (Fsp3) is 1.00. The van der Waals surface area contributed by atoms with E-state index in [1.807, 2.05) is 0 Å². The third-order valence-corrected chi connectivity index (χ3v) is 3.25. The van der Waals surface area contributed by atoms with E-state index < -0.39 is 0 Å². The van der Waals surface area contributed by atoms with E-state index in [1.165, 1.54) is 45.6 Å². The van der Waals surface area contributed by atoms with Crippen molar-refractivity contribution in [3.05, 3.63) is 0 Å². The maximum atomic E-state index is 3.49. The van der Waals surface area contributed by atoms with Crippen molar-refractivity contribution in [1.29, 1.82) is 0 Å². The highest BCUT2D eigenvalue weighted by atomic mass is 15.1. The molecule has 0 radical (unpaired) electrons. The maximum absolute atomic E-state index is 3.49. The Kier molecular flexibility index (Phi) is 5.49. The van der Waals surface area contributed by atoms with Crippen LogP contribution in [-0.2, 0) is 0 Å². The summed E-state index contributed by atoms with van der Waals surface area (Å²) in [7, 11) is 0. The van der Waals surface area contributed by atoms with Crippen LogP contribution in [0.4, 0.5) is 0 Å². The van der Waals surface area contributed by atoms with Crippen molar-refractivity contribution in [3.63, 3.8) is 0 Å². The molecule has 2 atom stereocenters. The zero-order chi connectivity index (χ0) is 10.4. The van der Waals surface area contributed by atoms with Gasteiger partial charge in [0.1, 0.15) is 0 Å². The summed E-state index contributed by atoms with van der Waals surface area (Å²) in [4.78, 5) is 2.63. The Balaban J connectivity index is 2.29. The van der Waals surface area contributed by atoms with Gasteiger partial charge in [-0.3, -0.25) is 0 Å². The van der Waals surface area contributed by atoms with Crippen molar-refractivity contribution in [2.45, 2.75) is 33.6 Å². The summed E-state index contributed by atoms with van der Waals surface area (Å²) < 4.78 is 0. The first-order chi connectivity index (χ1) is 6.77. The smallest absolute Gasteiger partial charge is 0.00248 e. The molecule has 0 aliphatic carbocycles. The van der Waals surface area contributed by atoms with Gasteiger partial charge in [-0.1, -0.05) is 20.8 Å². The minimum atomic E-state index is 0.867. The lowest BCUT2D eigenvalue weighted by Gasteiger charge is -2.26. The highest BCUT2D eigenvalue weighted by molar-refractivity contribution is 4.80. The predicted molar refractivity (Wildman–Crippen MR) is 62.5 cm³/mol. The Labute approximate surface area is 89.1 Å². The molecule has 0 saturated carbocycles. The highest BCUT2D eigenvalue weighted by Crippen LogP contribution is 2.17. The largest absolute Gasteiger partial charge is 0.316 e. The van der Waals surface area contributed by atoms with Crippen LogP contribution < -0.4 is 5.32 Å². The van der Waals surface area contributed by atoms with Crippen molar-refractivity contribution in [2.75, 3.05) is 32.7 Å². The first-order valence-electron chi connectivity index (χ1n) is 6.21. The number of hydrogen-bond acceptors (Lipinski definition) is 2. The lowest BCUT2D eigenvalue weighted by molar-refractivity contribution is 0.218. The molecular formula is C12H26N2. The molecule has 2 nitrogen and oxygen atoms in total. The van der Waals surface area contributed by atoms with Crippen LogP contribution in [0, 0.1) is 11.8 Å². The van der Waals surface area contributed by atoms with Gasteiger partial charge in [0.15, 0.2) is 0 Å². The average Bonchev–Trinajstić information content (AvgIpc) is 2.53. The lowest BCUT2D eigenvalue weighted by atomic mass is 9.97. The second kappa shape index (κ2) is 6.41. The van der Waals surface area contributed by atoms with E-state index >= 15 is 0 Å². The molecule has 14 heavy (non-hydrogen) atoms. The minimum Gasteiger partial charge on any atom is -0.316 e. The Hall–Kier alpha value is -0.0800. The fourth-order valence-electron chi connectivity index (χ4n) is 2.37. The van der Waals surface area contributed by atoms with E-state index in [0.717, 1.165) is 11.8 Å². The zero-order valence-corrected chi connectivity index (χ0v) is 10.1. The molecule has 1 aliphatic rings. The van der Waals surface area contributed by atoms with Crippen molar-refractivity contribution in [2.24, 2.45) is 11.8 Å². The monoisotopic (exact) mass is 198 g/mol. The topological polar surface area (TPSA) is 15.3 Å². The van der Waals surface area contributed by atoms with Gasteiger partial charge in [0.2, 0.25) is 0 Å². The van der Waals surface area contributed by atoms with E-state index in [-0.39, 0.29) is 0 Å². The van der Waals surface area contributed by atoms with E-state index in [9.17, 15) is 0 Å². The van der Waals surface area contributed by atoms with E-state index in [1.54, 1.807) is 0 Å². The van der Waals surface area contributed by atoms with Crippen LogP contribution in [-0.4, -0.2) is 37.6 Å². The normalized spacial score (nSPS) is 27.4. The minimum absolute atomic E-state index is 0.867. The van der Waals surface area contributed by atoms with Crippen LogP contribution in [0.1, 0.15) is 33.6 Å². The molecule has 0 bridgehead atoms. The Morgan fingerprint density at radius 3 is 2.21 bits per heavy atom. The van der Waals surface area contributed by atoms with Gasteiger partial charge in [-0.2, -0.15) is 0 Å². The van der Waals surface area contributed by atoms with Gasteiger partial charge in [0.25, 0.3) is 0 Å². The van der Waals surface area contributed by atoms with E-state index in [4.69, 9.17) is 0 Å². The average molecular weight is 198 g/mol. The van der Waals surface area contributed by atoms with Crippen molar-refractivity contribution >= 4 is 0 Å². The van der Waals surface area contributed by atoms with Gasteiger partial charge in [0.05, 0.1) is 0 Å². The number of hydrogen-bond donors (Lipinski definition) is 1. The van der Waals surface area contributed by atoms with Crippen molar-refractivity contribution in [1.82, 2.24) is 10.2 Å². The molecule has 0 amide bonds. The summed E-state index contributed by atoms with van der Waals surface area (Å²) in [6.07, 6.45) is 2.57. The first-order valence-corrected chi connectivity index (χ1v) is 6.21. The molecule has 0 aromatic rings. The SMILES string of the molecule is CCCN(CCC)CC1CNCC1C. The van der Waals surface area contributed by atoms with Crippen molar-refractivity contribution < 1.29 is 0 Å². The highest BCUT2D eigenvalue weighted by Gasteiger charge is 2.24. The number of nitrogens with one attached hydrogen (secondary N) is 1. The molecule has 1 heterocycles. The maximum Gasteiger partial charge on any atom is 0.00248 e. The van der Waals surface area contributed by atoms with Gasteiger partial charge in [-0.15, -0.1) is 0 Å². The van der Waals surface area contributed by atoms with Crippen LogP contribution >= 0.6 is 0 Å². The Morgan fingerprint density at radius 1 is 1.14 bits per heavy atom. The third kappa shape index (κ3) is 3.58. The summed E-state index contributed by atoms with van der Waals surface area (Å²) in [6.45, 7) is 13.2. The van der Waals surface area contributed by atoms with E-state index in [2.05, 4.69) is 31.0 Å². The summed E-state index contributed by atoms with van der Waals surface area (Å²) in [6, 6.07) is 0. The summed E-state index contributed by atoms with van der Waals surface area (Å²) >= 11 is 0. The van der Waals surface area contributed by atoms with Gasteiger partial charge in [-0.25, -0.2) is 0 Å². The molecule has 0 aromatic carbocycles. The van der Waals surface area contributed by atoms with Crippen LogP contribution in [0.3, 0.4) is 0 Å². The number of rotatable bonds is 6. The number of nitrogens with zero attached hydrogens (tertiary/aromatic N) is 1. The Bertz CT molecular complexity index is 141. The summed E-state index contributed by atoms with van der Waals surface area (Å²) in [5, 5.41) is 3.49. The molecule has 1 saturated heterocycles. The molecule has 84 valence electrons. The molecular weight excluding hydrogens is 172 g/mol. The van der Waals surface area contributed by atoms with Crippen LogP contribution in [0.15, 0.2) is 0 Å². The fourth-order valence-corrected chi connectivity index (χ4v) is 2.37. The quantitative estimate of drug-likeness (QED) is 0.702. The van der Waals surface area contributed by atoms with Crippen LogP contribution in [0.5, 0.6) is 0 Å². The molecule has 1 N–H and O–H groups in total. The Morgan fingerprint density at radius 2 is 1.79 bits per heavy atom. The predicted octanol–water partition coefficient (Wildman–Crippen LogP) is 1.96. The van der Waals surface area contributed by atoms with E-state index in [0.29, 0.717) is 0 Å². The first kappa shape index (κ1) is 12.0. The zero-order valence-electron chi connectivity index (χ0n) is 10.1. The summed E-state index contributed by atoms with van der Waals surface area (Å²) in [5.41, 5.74) is 0. The molecule has 1 rings (SSSR count). The molecule has 1 aliphatic heterocycles. The van der Waals surface area contributed by atoms with Gasteiger partial charge >= 0.3 is 0 Å². The van der Waals surface area contributed by atoms with Gasteiger partial charge < -0.3 is 10.2 Å². The molecule has 2 unspecified atom stereocenters. The van der Waals surface area contributed by atoms with Crippen molar-refractivity contribution in [3.8, 4) is 0 Å². The molecule has 0 aromatic heterocycles. The molecule has 0 spiro atoms. The summed E-state index contributed by atoms with van der Waals surface area (Å²) in [5.74, 6) is 1.75.